The van der Waals surface area contributed by atoms with Gasteiger partial charge in [0.1, 0.15) is 11.8 Å². The lowest BCUT2D eigenvalue weighted by molar-refractivity contribution is -0.120. The van der Waals surface area contributed by atoms with Gasteiger partial charge in [0.05, 0.1) is 6.54 Å². The van der Waals surface area contributed by atoms with Gasteiger partial charge in [-0.3, -0.25) is 4.79 Å². The van der Waals surface area contributed by atoms with E-state index in [4.69, 9.17) is 21.7 Å². The number of urea groups is 1. The van der Waals surface area contributed by atoms with Crippen molar-refractivity contribution >= 4 is 46.3 Å². The predicted octanol–water partition coefficient (Wildman–Crippen LogP) is 5.03. The average Bonchev–Trinajstić information content (AvgIpc) is 3.05. The molecule has 1 aliphatic rings. The number of thiocarbonyl (C=S) groups is 1. The first kappa shape index (κ1) is 28.8. The molecule has 1 atom stereocenters. The van der Waals surface area contributed by atoms with Crippen LogP contribution in [0.3, 0.4) is 0 Å². The molecule has 0 spiro atoms. The zero-order chi connectivity index (χ0) is 28.5. The first-order chi connectivity index (χ1) is 19.3. The summed E-state index contributed by atoms with van der Waals surface area (Å²) in [6, 6.07) is 22.0. The van der Waals surface area contributed by atoms with Crippen molar-refractivity contribution in [2.45, 2.75) is 45.3 Å². The van der Waals surface area contributed by atoms with E-state index in [0.717, 1.165) is 28.9 Å². The highest BCUT2D eigenvalue weighted by Gasteiger charge is 2.31. The summed E-state index contributed by atoms with van der Waals surface area (Å²) in [5, 5.41) is 12.4. The molecule has 0 bridgehead atoms. The molecule has 3 aromatic carbocycles. The van der Waals surface area contributed by atoms with Crippen LogP contribution in [0, 0.1) is 0 Å². The van der Waals surface area contributed by atoms with Crippen LogP contribution in [-0.2, 0) is 22.5 Å². The molecule has 1 aliphatic heterocycles. The highest BCUT2D eigenvalue weighted by Crippen LogP contribution is 2.29. The topological polar surface area (TPSA) is 104 Å². The molecule has 1 unspecified atom stereocenters. The standard InChI is InChI=1S/C30H35N5O4S/c1-20(2)31-29(37)32-24-9-6-7-21(17-24)18-35-27-10-5-4-8-22(27)11-16-26(28(35)36)34-30(40)33-23-12-14-25(15-13-23)39-19-38-3/h4-10,12-15,17,20,26H,11,16,18-19H2,1-3H3,(H2,31,32,37)(H2,33,34,40). The van der Waals surface area contributed by atoms with Crippen molar-refractivity contribution in [3.8, 4) is 5.75 Å². The number of benzene rings is 3. The van der Waals surface area contributed by atoms with Crippen molar-refractivity contribution in [3.63, 3.8) is 0 Å². The van der Waals surface area contributed by atoms with Gasteiger partial charge < -0.3 is 35.6 Å². The van der Waals surface area contributed by atoms with E-state index in [1.165, 1.54) is 0 Å². The molecule has 0 fully saturated rings. The molecule has 10 heteroatoms. The number of nitrogens with one attached hydrogen (secondary N) is 4. The number of carbonyl (C=O) groups is 2. The molecule has 9 nitrogen and oxygen atoms in total. The first-order valence-corrected chi connectivity index (χ1v) is 13.6. The zero-order valence-electron chi connectivity index (χ0n) is 22.9. The van der Waals surface area contributed by atoms with Crippen LogP contribution >= 0.6 is 12.2 Å². The van der Waals surface area contributed by atoms with Crippen LogP contribution < -0.4 is 30.9 Å². The number of rotatable bonds is 9. The maximum absolute atomic E-state index is 13.9. The molecule has 4 rings (SSSR count). The minimum atomic E-state index is -0.519. The number of fused-ring (bicyclic) bond motifs is 1. The van der Waals surface area contributed by atoms with Gasteiger partial charge in [-0.15, -0.1) is 0 Å². The van der Waals surface area contributed by atoms with Crippen LogP contribution in [0.25, 0.3) is 0 Å². The highest BCUT2D eigenvalue weighted by atomic mass is 32.1. The number of aryl methyl sites for hydroxylation is 1. The quantitative estimate of drug-likeness (QED) is 0.215. The van der Waals surface area contributed by atoms with Gasteiger partial charge in [-0.2, -0.15) is 0 Å². The monoisotopic (exact) mass is 561 g/mol. The Labute approximate surface area is 240 Å². The Kier molecular flexibility index (Phi) is 9.93. The van der Waals surface area contributed by atoms with E-state index in [-0.39, 0.29) is 24.8 Å². The number of hydrogen-bond donors (Lipinski definition) is 4. The molecule has 0 radical (unpaired) electrons. The van der Waals surface area contributed by atoms with Gasteiger partial charge in [0, 0.05) is 30.2 Å². The maximum Gasteiger partial charge on any atom is 0.319 e. The molecule has 0 saturated heterocycles. The summed E-state index contributed by atoms with van der Waals surface area (Å²) in [6.07, 6.45) is 1.32. The Bertz CT molecular complexity index is 1330. The van der Waals surface area contributed by atoms with Crippen molar-refractivity contribution < 1.29 is 19.1 Å². The summed E-state index contributed by atoms with van der Waals surface area (Å²) in [5.41, 5.74) is 4.29. The Hall–Kier alpha value is -4.15. The molecule has 0 aliphatic carbocycles. The molecule has 3 amide bonds. The van der Waals surface area contributed by atoms with Gasteiger partial charge in [0.15, 0.2) is 11.9 Å². The fourth-order valence-corrected chi connectivity index (χ4v) is 4.72. The number of methoxy groups -OCH3 is 1. The molecular weight excluding hydrogens is 526 g/mol. The van der Waals surface area contributed by atoms with Crippen LogP contribution in [0.2, 0.25) is 0 Å². The highest BCUT2D eigenvalue weighted by molar-refractivity contribution is 7.80. The largest absolute Gasteiger partial charge is 0.468 e. The predicted molar refractivity (Wildman–Crippen MR) is 162 cm³/mol. The van der Waals surface area contributed by atoms with Gasteiger partial charge in [-0.05, 0) is 92.5 Å². The van der Waals surface area contributed by atoms with Crippen molar-refractivity contribution in [3.05, 3.63) is 83.9 Å². The SMILES string of the molecule is COCOc1ccc(NC(=S)NC2CCc3ccccc3N(Cc3cccc(NC(=O)NC(C)C)c3)C2=O)cc1. The molecule has 3 aromatic rings. The summed E-state index contributed by atoms with van der Waals surface area (Å²) in [4.78, 5) is 27.9. The normalized spacial score (nSPS) is 14.7. The molecule has 40 heavy (non-hydrogen) atoms. The second kappa shape index (κ2) is 13.8. The fraction of sp³-hybridized carbons (Fsp3) is 0.300. The molecule has 0 saturated carbocycles. The van der Waals surface area contributed by atoms with E-state index in [0.29, 0.717) is 29.5 Å². The second-order valence-electron chi connectivity index (χ2n) is 9.77. The summed E-state index contributed by atoms with van der Waals surface area (Å²) in [5.74, 6) is 0.603. The third-order valence-electron chi connectivity index (χ3n) is 6.26. The van der Waals surface area contributed by atoms with Gasteiger partial charge in [-0.1, -0.05) is 30.3 Å². The Balaban J connectivity index is 1.47. The molecular formula is C30H35N5O4S. The number of amides is 3. The Morgan fingerprint density at radius 2 is 1.80 bits per heavy atom. The first-order valence-electron chi connectivity index (χ1n) is 13.2. The van der Waals surface area contributed by atoms with E-state index in [1.807, 2.05) is 80.6 Å². The van der Waals surface area contributed by atoms with Crippen molar-refractivity contribution in [1.29, 1.82) is 0 Å². The zero-order valence-corrected chi connectivity index (χ0v) is 23.7. The van der Waals surface area contributed by atoms with Gasteiger partial charge in [-0.25, -0.2) is 4.79 Å². The van der Waals surface area contributed by atoms with E-state index < -0.39 is 6.04 Å². The minimum absolute atomic E-state index is 0.0219. The Morgan fingerprint density at radius 3 is 2.55 bits per heavy atom. The van der Waals surface area contributed by atoms with Gasteiger partial charge >= 0.3 is 6.03 Å². The molecule has 0 aromatic heterocycles. The van der Waals surface area contributed by atoms with Crippen LogP contribution in [0.4, 0.5) is 21.9 Å². The molecule has 4 N–H and O–H groups in total. The summed E-state index contributed by atoms with van der Waals surface area (Å²) < 4.78 is 10.3. The minimum Gasteiger partial charge on any atom is -0.468 e. The fourth-order valence-electron chi connectivity index (χ4n) is 4.46. The van der Waals surface area contributed by atoms with Crippen LogP contribution in [0.15, 0.2) is 72.8 Å². The van der Waals surface area contributed by atoms with E-state index in [2.05, 4.69) is 27.3 Å². The van der Waals surface area contributed by atoms with E-state index in [1.54, 1.807) is 12.0 Å². The summed E-state index contributed by atoms with van der Waals surface area (Å²) in [6.45, 7) is 4.32. The number of para-hydroxylation sites is 1. The average molecular weight is 562 g/mol. The number of anilines is 3. The third-order valence-corrected chi connectivity index (χ3v) is 6.48. The van der Waals surface area contributed by atoms with Crippen molar-refractivity contribution in [2.75, 3.05) is 29.4 Å². The molecule has 1 heterocycles. The lowest BCUT2D eigenvalue weighted by Gasteiger charge is -2.27. The van der Waals surface area contributed by atoms with Crippen LogP contribution in [-0.4, -0.2) is 43.0 Å². The summed E-state index contributed by atoms with van der Waals surface area (Å²) >= 11 is 5.57. The number of hydrogen-bond acceptors (Lipinski definition) is 5. The maximum atomic E-state index is 13.9. The van der Waals surface area contributed by atoms with Crippen LogP contribution in [0.1, 0.15) is 31.4 Å². The summed E-state index contributed by atoms with van der Waals surface area (Å²) in [7, 11) is 1.57. The van der Waals surface area contributed by atoms with Crippen molar-refractivity contribution in [2.24, 2.45) is 0 Å². The van der Waals surface area contributed by atoms with Crippen molar-refractivity contribution in [1.82, 2.24) is 10.6 Å². The lowest BCUT2D eigenvalue weighted by Crippen LogP contribution is -2.49. The smallest absolute Gasteiger partial charge is 0.319 e. The second-order valence-corrected chi connectivity index (χ2v) is 10.2. The van der Waals surface area contributed by atoms with E-state index >= 15 is 0 Å². The number of nitrogens with zero attached hydrogens (tertiary/aromatic N) is 1. The van der Waals surface area contributed by atoms with Gasteiger partial charge in [0.2, 0.25) is 5.91 Å². The molecule has 210 valence electrons. The Morgan fingerprint density at radius 1 is 1.02 bits per heavy atom. The lowest BCUT2D eigenvalue weighted by atomic mass is 10.1. The van der Waals surface area contributed by atoms with E-state index in [9.17, 15) is 9.59 Å². The van der Waals surface area contributed by atoms with Gasteiger partial charge in [0.25, 0.3) is 0 Å². The third kappa shape index (κ3) is 7.93. The van der Waals surface area contributed by atoms with Crippen LogP contribution in [0.5, 0.6) is 5.75 Å². The number of carbonyl (C=O) groups excluding carboxylic acids is 2. The number of ether oxygens (including phenoxy) is 2.